The number of aryl methyl sites for hydroxylation is 1. The van der Waals surface area contributed by atoms with E-state index >= 15 is 0 Å². The van der Waals surface area contributed by atoms with E-state index in [2.05, 4.69) is 60.2 Å². The predicted molar refractivity (Wildman–Crippen MR) is 78.5 cm³/mol. The van der Waals surface area contributed by atoms with E-state index in [9.17, 15) is 0 Å². The van der Waals surface area contributed by atoms with Crippen molar-refractivity contribution >= 4 is 21.6 Å². The first-order valence-corrected chi connectivity index (χ1v) is 7.38. The van der Waals surface area contributed by atoms with Gasteiger partial charge in [0.05, 0.1) is 0 Å². The molecule has 0 aromatic heterocycles. The molecule has 1 fully saturated rings. The van der Waals surface area contributed by atoms with Gasteiger partial charge in [0, 0.05) is 16.2 Å². The summed E-state index contributed by atoms with van der Waals surface area (Å²) in [5, 5.41) is 3.69. The van der Waals surface area contributed by atoms with Gasteiger partial charge >= 0.3 is 0 Å². The molecule has 0 aliphatic heterocycles. The summed E-state index contributed by atoms with van der Waals surface area (Å²) < 4.78 is 1.18. The summed E-state index contributed by atoms with van der Waals surface area (Å²) in [6.07, 6.45) is 3.94. The second-order valence-corrected chi connectivity index (χ2v) is 6.45. The molecule has 2 heteroatoms. The lowest BCUT2D eigenvalue weighted by atomic mass is 9.79. The lowest BCUT2D eigenvalue weighted by Crippen LogP contribution is -2.30. The molecule has 1 saturated carbocycles. The Morgan fingerprint density at radius 3 is 2.65 bits per heavy atom. The number of benzene rings is 1. The minimum absolute atomic E-state index is 0.638. The zero-order valence-electron chi connectivity index (χ0n) is 11.0. The molecule has 1 aliphatic rings. The molecular formula is C15H22BrN. The maximum Gasteiger partial charge on any atom is 0.0489 e. The quantitative estimate of drug-likeness (QED) is 0.810. The Hall–Kier alpha value is -0.500. The molecule has 0 radical (unpaired) electrons. The van der Waals surface area contributed by atoms with Crippen LogP contribution in [-0.2, 0) is 0 Å². The summed E-state index contributed by atoms with van der Waals surface area (Å²) in [6, 6.07) is 7.14. The highest BCUT2D eigenvalue weighted by atomic mass is 79.9. The SMILES string of the molecule is Cc1ccc(Br)c(NC2CCC(C)C(C)C2)c1. The van der Waals surface area contributed by atoms with E-state index in [1.54, 1.807) is 0 Å². The number of nitrogens with one attached hydrogen (secondary N) is 1. The van der Waals surface area contributed by atoms with Crippen LogP contribution in [0.1, 0.15) is 38.7 Å². The fraction of sp³-hybridized carbons (Fsp3) is 0.600. The summed E-state index contributed by atoms with van der Waals surface area (Å²) in [5.74, 6) is 1.72. The Bertz CT molecular complexity index is 389. The largest absolute Gasteiger partial charge is 0.381 e. The van der Waals surface area contributed by atoms with Crippen molar-refractivity contribution in [2.24, 2.45) is 11.8 Å². The van der Waals surface area contributed by atoms with Gasteiger partial charge in [0.15, 0.2) is 0 Å². The minimum Gasteiger partial charge on any atom is -0.381 e. The zero-order chi connectivity index (χ0) is 12.4. The summed E-state index contributed by atoms with van der Waals surface area (Å²) in [4.78, 5) is 0. The van der Waals surface area contributed by atoms with E-state index in [0.29, 0.717) is 6.04 Å². The van der Waals surface area contributed by atoms with Gasteiger partial charge in [0.2, 0.25) is 0 Å². The highest BCUT2D eigenvalue weighted by Crippen LogP contribution is 2.32. The smallest absolute Gasteiger partial charge is 0.0489 e. The van der Waals surface area contributed by atoms with Crippen molar-refractivity contribution in [1.82, 2.24) is 0 Å². The van der Waals surface area contributed by atoms with Crippen LogP contribution in [0.5, 0.6) is 0 Å². The van der Waals surface area contributed by atoms with E-state index < -0.39 is 0 Å². The summed E-state index contributed by atoms with van der Waals surface area (Å²) in [6.45, 7) is 6.90. The molecule has 0 heterocycles. The van der Waals surface area contributed by atoms with Gasteiger partial charge in [-0.05, 0) is 71.6 Å². The van der Waals surface area contributed by atoms with Crippen molar-refractivity contribution in [2.45, 2.75) is 46.1 Å². The standard InChI is InChI=1S/C15H22BrN/c1-10-4-7-14(16)15(8-10)17-13-6-5-11(2)12(3)9-13/h4,7-8,11-13,17H,5-6,9H2,1-3H3. The Kier molecular flexibility index (Phi) is 4.13. The first-order valence-electron chi connectivity index (χ1n) is 6.59. The van der Waals surface area contributed by atoms with Crippen LogP contribution in [0.25, 0.3) is 0 Å². The van der Waals surface area contributed by atoms with Crippen LogP contribution in [0.3, 0.4) is 0 Å². The maximum absolute atomic E-state index is 3.69. The number of anilines is 1. The fourth-order valence-corrected chi connectivity index (χ4v) is 3.01. The second kappa shape index (κ2) is 5.43. The molecular weight excluding hydrogens is 274 g/mol. The third-order valence-corrected chi connectivity index (χ3v) is 4.77. The monoisotopic (exact) mass is 295 g/mol. The van der Waals surface area contributed by atoms with E-state index in [1.807, 2.05) is 0 Å². The van der Waals surface area contributed by atoms with Gasteiger partial charge in [-0.2, -0.15) is 0 Å². The maximum atomic E-state index is 3.69. The highest BCUT2D eigenvalue weighted by molar-refractivity contribution is 9.10. The predicted octanol–water partition coefficient (Wildman–Crippen LogP) is 4.99. The van der Waals surface area contributed by atoms with Crippen LogP contribution < -0.4 is 5.32 Å². The normalized spacial score (nSPS) is 29.1. The van der Waals surface area contributed by atoms with E-state index in [4.69, 9.17) is 0 Å². The molecule has 1 aliphatic carbocycles. The van der Waals surface area contributed by atoms with Gasteiger partial charge in [-0.15, -0.1) is 0 Å². The van der Waals surface area contributed by atoms with Crippen LogP contribution in [0.2, 0.25) is 0 Å². The molecule has 2 rings (SSSR count). The Labute approximate surface area is 113 Å². The van der Waals surface area contributed by atoms with Gasteiger partial charge < -0.3 is 5.32 Å². The molecule has 1 aromatic rings. The van der Waals surface area contributed by atoms with Crippen LogP contribution >= 0.6 is 15.9 Å². The minimum atomic E-state index is 0.638. The topological polar surface area (TPSA) is 12.0 Å². The van der Waals surface area contributed by atoms with Gasteiger partial charge in [0.25, 0.3) is 0 Å². The number of halogens is 1. The fourth-order valence-electron chi connectivity index (χ4n) is 2.65. The third kappa shape index (κ3) is 3.25. The molecule has 1 aromatic carbocycles. The van der Waals surface area contributed by atoms with Crippen molar-refractivity contribution in [3.63, 3.8) is 0 Å². The molecule has 3 atom stereocenters. The van der Waals surface area contributed by atoms with E-state index in [-0.39, 0.29) is 0 Å². The van der Waals surface area contributed by atoms with Crippen LogP contribution in [0.4, 0.5) is 5.69 Å². The lowest BCUT2D eigenvalue weighted by Gasteiger charge is -2.33. The van der Waals surface area contributed by atoms with Gasteiger partial charge in [-0.3, -0.25) is 0 Å². The van der Waals surface area contributed by atoms with Gasteiger partial charge in [-0.25, -0.2) is 0 Å². The van der Waals surface area contributed by atoms with Crippen molar-refractivity contribution in [1.29, 1.82) is 0 Å². The lowest BCUT2D eigenvalue weighted by molar-refractivity contribution is 0.261. The number of hydrogen-bond donors (Lipinski definition) is 1. The zero-order valence-corrected chi connectivity index (χ0v) is 12.5. The number of rotatable bonds is 2. The van der Waals surface area contributed by atoms with Crippen molar-refractivity contribution in [3.05, 3.63) is 28.2 Å². The van der Waals surface area contributed by atoms with E-state index in [0.717, 1.165) is 11.8 Å². The molecule has 1 N–H and O–H groups in total. The second-order valence-electron chi connectivity index (χ2n) is 5.59. The van der Waals surface area contributed by atoms with Crippen molar-refractivity contribution in [2.75, 3.05) is 5.32 Å². The third-order valence-electron chi connectivity index (χ3n) is 4.08. The molecule has 0 saturated heterocycles. The average Bonchev–Trinajstić information content (AvgIpc) is 2.29. The molecule has 0 bridgehead atoms. The van der Waals surface area contributed by atoms with Crippen molar-refractivity contribution < 1.29 is 0 Å². The van der Waals surface area contributed by atoms with Crippen molar-refractivity contribution in [3.8, 4) is 0 Å². The Morgan fingerprint density at radius 2 is 1.94 bits per heavy atom. The van der Waals surface area contributed by atoms with Crippen LogP contribution in [0, 0.1) is 18.8 Å². The summed E-state index contributed by atoms with van der Waals surface area (Å²) >= 11 is 3.62. The molecule has 1 nitrogen and oxygen atoms in total. The molecule has 94 valence electrons. The highest BCUT2D eigenvalue weighted by Gasteiger charge is 2.24. The Morgan fingerprint density at radius 1 is 1.18 bits per heavy atom. The summed E-state index contributed by atoms with van der Waals surface area (Å²) in [7, 11) is 0. The summed E-state index contributed by atoms with van der Waals surface area (Å²) in [5.41, 5.74) is 2.56. The average molecular weight is 296 g/mol. The van der Waals surface area contributed by atoms with E-state index in [1.165, 1.54) is 35.0 Å². The van der Waals surface area contributed by atoms with Gasteiger partial charge in [0.1, 0.15) is 0 Å². The molecule has 0 spiro atoms. The van der Waals surface area contributed by atoms with Crippen LogP contribution in [0.15, 0.2) is 22.7 Å². The first-order chi connectivity index (χ1) is 8.06. The molecule has 17 heavy (non-hydrogen) atoms. The molecule has 0 amide bonds. The number of hydrogen-bond acceptors (Lipinski definition) is 1. The van der Waals surface area contributed by atoms with Gasteiger partial charge in [-0.1, -0.05) is 19.9 Å². The Balaban J connectivity index is 2.03. The van der Waals surface area contributed by atoms with Crippen LogP contribution in [-0.4, -0.2) is 6.04 Å². The molecule has 3 unspecified atom stereocenters. The first kappa shape index (κ1) is 12.9.